The molecule has 6 rings (SSSR count). The number of aromatic nitrogens is 1. The highest BCUT2D eigenvalue weighted by Crippen LogP contribution is 2.38. The van der Waals surface area contributed by atoms with Crippen LogP contribution in [0.4, 0.5) is 16.2 Å². The highest BCUT2D eigenvalue weighted by molar-refractivity contribution is 6.39. The number of anilines is 1. The largest absolute Gasteiger partial charge is 0.335 e. The summed E-state index contributed by atoms with van der Waals surface area (Å²) in [5, 5.41) is 13.7. The Bertz CT molecular complexity index is 1930. The van der Waals surface area contributed by atoms with Gasteiger partial charge in [0.15, 0.2) is 0 Å². The third kappa shape index (κ3) is 5.11. The first-order valence-corrected chi connectivity index (χ1v) is 13.4. The fourth-order valence-electron chi connectivity index (χ4n) is 5.16. The predicted octanol–water partition coefficient (Wildman–Crippen LogP) is 6.69. The summed E-state index contributed by atoms with van der Waals surface area (Å²) in [6, 6.07) is 33.1. The topological polar surface area (TPSA) is 115 Å². The van der Waals surface area contributed by atoms with Crippen molar-refractivity contribution in [1.82, 2.24) is 9.88 Å². The standard InChI is InChI=1S/C34H24N4O5/c1-22-9-8-14-28(19-22)37-33(40)29(32(39)35-34(37)41)20-25-21-30(23-10-4-2-5-11-23)36(31(25)24-12-6-3-7-13-24)26-15-17-27(18-16-26)38(42)43/h2-21H,1H3,(H,35,39,41)/b29-20-. The molecule has 1 fully saturated rings. The van der Waals surface area contributed by atoms with Crippen molar-refractivity contribution >= 4 is 35.3 Å². The van der Waals surface area contributed by atoms with E-state index in [1.165, 1.54) is 18.2 Å². The maximum atomic E-state index is 13.7. The van der Waals surface area contributed by atoms with Crippen LogP contribution in [0.3, 0.4) is 0 Å². The first-order chi connectivity index (χ1) is 20.8. The normalized spacial score (nSPS) is 14.2. The van der Waals surface area contributed by atoms with Gasteiger partial charge in [0.2, 0.25) is 0 Å². The van der Waals surface area contributed by atoms with Crippen molar-refractivity contribution in [2.24, 2.45) is 0 Å². The Morgan fingerprint density at radius 1 is 0.744 bits per heavy atom. The first kappa shape index (κ1) is 27.1. The fourth-order valence-corrected chi connectivity index (χ4v) is 5.16. The molecular weight excluding hydrogens is 544 g/mol. The minimum absolute atomic E-state index is 0.0499. The second-order valence-corrected chi connectivity index (χ2v) is 9.97. The lowest BCUT2D eigenvalue weighted by Crippen LogP contribution is -2.54. The number of barbiturate groups is 1. The number of urea groups is 1. The van der Waals surface area contributed by atoms with Gasteiger partial charge >= 0.3 is 6.03 Å². The Morgan fingerprint density at radius 3 is 2.02 bits per heavy atom. The second kappa shape index (κ2) is 11.1. The molecule has 4 aromatic carbocycles. The number of carbonyl (C=O) groups excluding carboxylic acids is 3. The summed E-state index contributed by atoms with van der Waals surface area (Å²) in [4.78, 5) is 51.6. The molecule has 9 heteroatoms. The number of hydrogen-bond donors (Lipinski definition) is 1. The van der Waals surface area contributed by atoms with Crippen molar-refractivity contribution in [2.75, 3.05) is 4.90 Å². The van der Waals surface area contributed by atoms with Crippen molar-refractivity contribution in [3.8, 4) is 28.2 Å². The lowest BCUT2D eigenvalue weighted by molar-refractivity contribution is -0.384. The molecule has 0 saturated carbocycles. The maximum absolute atomic E-state index is 13.7. The summed E-state index contributed by atoms with van der Waals surface area (Å²) < 4.78 is 1.94. The lowest BCUT2D eigenvalue weighted by Gasteiger charge is -2.26. The van der Waals surface area contributed by atoms with Crippen LogP contribution in [-0.4, -0.2) is 27.3 Å². The minimum atomic E-state index is -0.825. The van der Waals surface area contributed by atoms with Crippen LogP contribution in [0.5, 0.6) is 0 Å². The molecule has 0 spiro atoms. The smallest absolute Gasteiger partial charge is 0.309 e. The van der Waals surface area contributed by atoms with Gasteiger partial charge in [-0.2, -0.15) is 0 Å². The van der Waals surface area contributed by atoms with E-state index in [0.29, 0.717) is 22.6 Å². The molecule has 0 radical (unpaired) electrons. The van der Waals surface area contributed by atoms with E-state index in [0.717, 1.165) is 27.3 Å². The molecule has 0 aliphatic carbocycles. The van der Waals surface area contributed by atoms with Crippen LogP contribution < -0.4 is 10.2 Å². The molecular formula is C34H24N4O5. The number of nitro benzene ring substituents is 1. The van der Waals surface area contributed by atoms with Crippen LogP contribution in [0.15, 0.2) is 121 Å². The number of carbonyl (C=O) groups is 3. The molecule has 43 heavy (non-hydrogen) atoms. The van der Waals surface area contributed by atoms with Gasteiger partial charge in [-0.05, 0) is 60.0 Å². The molecule has 1 aromatic heterocycles. The summed E-state index contributed by atoms with van der Waals surface area (Å²) in [7, 11) is 0. The van der Waals surface area contributed by atoms with Crippen LogP contribution in [0.1, 0.15) is 11.1 Å². The molecule has 4 amide bonds. The van der Waals surface area contributed by atoms with E-state index in [-0.39, 0.29) is 11.3 Å². The SMILES string of the molecule is Cc1cccc(N2C(=O)NC(=O)/C(=C/c3cc(-c4ccccc4)n(-c4ccc([N+](=O)[O-])cc4)c3-c3ccccc3)C2=O)c1. The number of nitrogens with one attached hydrogen (secondary N) is 1. The van der Waals surface area contributed by atoms with Crippen LogP contribution in [0.25, 0.3) is 34.3 Å². The third-order valence-electron chi connectivity index (χ3n) is 7.13. The number of rotatable bonds is 6. The number of amides is 4. The summed E-state index contributed by atoms with van der Waals surface area (Å²) in [5.41, 5.74) is 5.13. The summed E-state index contributed by atoms with van der Waals surface area (Å²) >= 11 is 0. The zero-order valence-electron chi connectivity index (χ0n) is 22.9. The number of non-ortho nitro benzene ring substituents is 1. The predicted molar refractivity (Wildman–Crippen MR) is 163 cm³/mol. The molecule has 210 valence electrons. The second-order valence-electron chi connectivity index (χ2n) is 9.97. The van der Waals surface area contributed by atoms with Gasteiger partial charge in [0, 0.05) is 23.4 Å². The van der Waals surface area contributed by atoms with Gasteiger partial charge in [-0.15, -0.1) is 0 Å². The Kier molecular flexibility index (Phi) is 6.97. The van der Waals surface area contributed by atoms with Crippen molar-refractivity contribution in [3.63, 3.8) is 0 Å². The number of nitrogens with zero attached hydrogens (tertiary/aromatic N) is 3. The fraction of sp³-hybridized carbons (Fsp3) is 0.0294. The van der Waals surface area contributed by atoms with E-state index in [1.807, 2.05) is 84.3 Å². The Morgan fingerprint density at radius 2 is 1.40 bits per heavy atom. The zero-order chi connectivity index (χ0) is 30.1. The number of benzene rings is 4. The molecule has 1 aliphatic heterocycles. The van der Waals surface area contributed by atoms with E-state index >= 15 is 0 Å². The first-order valence-electron chi connectivity index (χ1n) is 13.4. The molecule has 2 heterocycles. The monoisotopic (exact) mass is 568 g/mol. The molecule has 1 aliphatic rings. The van der Waals surface area contributed by atoms with Crippen molar-refractivity contribution < 1.29 is 19.3 Å². The van der Waals surface area contributed by atoms with Crippen LogP contribution >= 0.6 is 0 Å². The molecule has 0 unspecified atom stereocenters. The summed E-state index contributed by atoms with van der Waals surface area (Å²) in [6.45, 7) is 1.84. The van der Waals surface area contributed by atoms with E-state index in [2.05, 4.69) is 5.32 Å². The molecule has 9 nitrogen and oxygen atoms in total. The van der Waals surface area contributed by atoms with Gasteiger partial charge in [-0.25, -0.2) is 9.69 Å². The highest BCUT2D eigenvalue weighted by atomic mass is 16.6. The van der Waals surface area contributed by atoms with Crippen molar-refractivity contribution in [3.05, 3.63) is 142 Å². The lowest BCUT2D eigenvalue weighted by atomic mass is 10.0. The van der Waals surface area contributed by atoms with E-state index in [1.54, 1.807) is 30.3 Å². The number of nitro groups is 1. The average Bonchev–Trinajstić information content (AvgIpc) is 3.39. The molecule has 5 aromatic rings. The highest BCUT2D eigenvalue weighted by Gasteiger charge is 2.37. The minimum Gasteiger partial charge on any atom is -0.309 e. The molecule has 1 saturated heterocycles. The van der Waals surface area contributed by atoms with Gasteiger partial charge in [0.05, 0.1) is 22.0 Å². The van der Waals surface area contributed by atoms with Gasteiger partial charge in [0.25, 0.3) is 17.5 Å². The summed E-state index contributed by atoms with van der Waals surface area (Å²) in [5.74, 6) is -1.55. The molecule has 0 bridgehead atoms. The molecule has 0 atom stereocenters. The zero-order valence-corrected chi connectivity index (χ0v) is 22.9. The maximum Gasteiger partial charge on any atom is 0.335 e. The van der Waals surface area contributed by atoms with Gasteiger partial charge in [0.1, 0.15) is 5.57 Å². The van der Waals surface area contributed by atoms with E-state index < -0.39 is 22.8 Å². The summed E-state index contributed by atoms with van der Waals surface area (Å²) in [6.07, 6.45) is 1.49. The third-order valence-corrected chi connectivity index (χ3v) is 7.13. The van der Waals surface area contributed by atoms with Crippen LogP contribution in [0.2, 0.25) is 0 Å². The van der Waals surface area contributed by atoms with E-state index in [9.17, 15) is 24.5 Å². The van der Waals surface area contributed by atoms with Gasteiger partial charge in [-0.1, -0.05) is 72.8 Å². The Balaban J connectivity index is 1.60. The van der Waals surface area contributed by atoms with Gasteiger partial charge in [-0.3, -0.25) is 25.0 Å². The van der Waals surface area contributed by atoms with E-state index in [4.69, 9.17) is 0 Å². The number of imide groups is 2. The molecule has 1 N–H and O–H groups in total. The number of aryl methyl sites for hydroxylation is 1. The quantitative estimate of drug-likeness (QED) is 0.106. The Hall–Kier alpha value is -6.09. The van der Waals surface area contributed by atoms with Crippen LogP contribution in [0, 0.1) is 17.0 Å². The van der Waals surface area contributed by atoms with Crippen LogP contribution in [-0.2, 0) is 9.59 Å². The Labute approximate surface area is 246 Å². The van der Waals surface area contributed by atoms with Crippen molar-refractivity contribution in [2.45, 2.75) is 6.92 Å². The van der Waals surface area contributed by atoms with Crippen molar-refractivity contribution in [1.29, 1.82) is 0 Å². The average molecular weight is 569 g/mol. The number of hydrogen-bond acceptors (Lipinski definition) is 5. The van der Waals surface area contributed by atoms with Gasteiger partial charge < -0.3 is 4.57 Å².